The SMILES string of the molecule is CC1(C)CNC(CC2CCCN2)O1. The highest BCUT2D eigenvalue weighted by Crippen LogP contribution is 2.21. The molecule has 13 heavy (non-hydrogen) atoms. The van der Waals surface area contributed by atoms with E-state index in [1.165, 1.54) is 19.4 Å². The standard InChI is InChI=1S/C10H20N2O/c1-10(2)7-12-9(13-10)6-8-4-3-5-11-8/h8-9,11-12H,3-7H2,1-2H3. The molecule has 3 nitrogen and oxygen atoms in total. The molecule has 2 fully saturated rings. The largest absolute Gasteiger partial charge is 0.356 e. The zero-order valence-corrected chi connectivity index (χ0v) is 8.60. The van der Waals surface area contributed by atoms with Crippen molar-refractivity contribution in [1.82, 2.24) is 10.6 Å². The van der Waals surface area contributed by atoms with Gasteiger partial charge in [-0.3, -0.25) is 5.32 Å². The maximum absolute atomic E-state index is 5.86. The summed E-state index contributed by atoms with van der Waals surface area (Å²) in [5, 5.41) is 6.90. The average molecular weight is 184 g/mol. The smallest absolute Gasteiger partial charge is 0.110 e. The summed E-state index contributed by atoms with van der Waals surface area (Å²) in [6, 6.07) is 0.673. The summed E-state index contributed by atoms with van der Waals surface area (Å²) < 4.78 is 5.86. The minimum Gasteiger partial charge on any atom is -0.356 e. The first-order chi connectivity index (χ1) is 6.16. The zero-order valence-electron chi connectivity index (χ0n) is 8.60. The minimum absolute atomic E-state index is 0.0310. The van der Waals surface area contributed by atoms with Crippen molar-refractivity contribution in [3.63, 3.8) is 0 Å². The Hall–Kier alpha value is -0.120. The Morgan fingerprint density at radius 2 is 2.23 bits per heavy atom. The molecule has 0 aromatic heterocycles. The van der Waals surface area contributed by atoms with Gasteiger partial charge in [-0.25, -0.2) is 0 Å². The van der Waals surface area contributed by atoms with E-state index in [-0.39, 0.29) is 11.8 Å². The highest BCUT2D eigenvalue weighted by atomic mass is 16.5. The molecule has 2 atom stereocenters. The summed E-state index contributed by atoms with van der Waals surface area (Å²) in [5.41, 5.74) is 0.0310. The Labute approximate surface area is 80.2 Å². The number of ether oxygens (including phenoxy) is 1. The molecule has 2 rings (SSSR count). The Kier molecular flexibility index (Phi) is 2.58. The molecule has 0 radical (unpaired) electrons. The molecule has 2 N–H and O–H groups in total. The lowest BCUT2D eigenvalue weighted by atomic mass is 10.1. The van der Waals surface area contributed by atoms with Gasteiger partial charge in [0.1, 0.15) is 6.23 Å². The minimum atomic E-state index is 0.0310. The predicted molar refractivity (Wildman–Crippen MR) is 52.6 cm³/mol. The maximum Gasteiger partial charge on any atom is 0.110 e. The molecule has 2 aliphatic rings. The first-order valence-electron chi connectivity index (χ1n) is 5.30. The monoisotopic (exact) mass is 184 g/mol. The molecule has 0 amide bonds. The third kappa shape index (κ3) is 2.42. The molecule has 3 heteroatoms. The second-order valence-electron chi connectivity index (χ2n) is 4.78. The van der Waals surface area contributed by atoms with Crippen molar-refractivity contribution in [2.45, 2.75) is 51.0 Å². The van der Waals surface area contributed by atoms with Gasteiger partial charge < -0.3 is 10.1 Å². The summed E-state index contributed by atoms with van der Waals surface area (Å²) in [6.07, 6.45) is 4.01. The van der Waals surface area contributed by atoms with E-state index in [9.17, 15) is 0 Å². The van der Waals surface area contributed by atoms with Crippen LogP contribution >= 0.6 is 0 Å². The molecule has 0 aliphatic carbocycles. The second-order valence-corrected chi connectivity index (χ2v) is 4.78. The lowest BCUT2D eigenvalue weighted by molar-refractivity contribution is -0.0210. The van der Waals surface area contributed by atoms with Gasteiger partial charge >= 0.3 is 0 Å². The van der Waals surface area contributed by atoms with Crippen molar-refractivity contribution in [3.8, 4) is 0 Å². The average Bonchev–Trinajstić information content (AvgIpc) is 2.61. The first-order valence-corrected chi connectivity index (χ1v) is 5.30. The van der Waals surface area contributed by atoms with Crippen molar-refractivity contribution in [2.24, 2.45) is 0 Å². The van der Waals surface area contributed by atoms with Crippen molar-refractivity contribution in [1.29, 1.82) is 0 Å². The Morgan fingerprint density at radius 3 is 2.77 bits per heavy atom. The van der Waals surface area contributed by atoms with Crippen LogP contribution in [0.15, 0.2) is 0 Å². The lowest BCUT2D eigenvalue weighted by Gasteiger charge is -2.19. The molecule has 0 saturated carbocycles. The quantitative estimate of drug-likeness (QED) is 0.667. The summed E-state index contributed by atoms with van der Waals surface area (Å²) in [5.74, 6) is 0. The first kappa shape index (κ1) is 9.44. The summed E-state index contributed by atoms with van der Waals surface area (Å²) in [7, 11) is 0. The van der Waals surface area contributed by atoms with E-state index in [1.54, 1.807) is 0 Å². The van der Waals surface area contributed by atoms with Crippen molar-refractivity contribution < 1.29 is 4.74 Å². The van der Waals surface area contributed by atoms with E-state index in [0.717, 1.165) is 13.0 Å². The summed E-state index contributed by atoms with van der Waals surface area (Å²) >= 11 is 0. The fraction of sp³-hybridized carbons (Fsp3) is 1.00. The van der Waals surface area contributed by atoms with Crippen LogP contribution in [-0.4, -0.2) is 31.0 Å². The van der Waals surface area contributed by atoms with Crippen LogP contribution in [0.1, 0.15) is 33.1 Å². The van der Waals surface area contributed by atoms with E-state index >= 15 is 0 Å². The molecular weight excluding hydrogens is 164 g/mol. The van der Waals surface area contributed by atoms with E-state index in [0.29, 0.717) is 6.04 Å². The van der Waals surface area contributed by atoms with Gasteiger partial charge in [0.2, 0.25) is 0 Å². The van der Waals surface area contributed by atoms with E-state index in [1.807, 2.05) is 0 Å². The Bertz CT molecular complexity index is 176. The molecular formula is C10H20N2O. The van der Waals surface area contributed by atoms with Crippen LogP contribution in [0.4, 0.5) is 0 Å². The number of hydrogen-bond donors (Lipinski definition) is 2. The van der Waals surface area contributed by atoms with Crippen LogP contribution in [0.5, 0.6) is 0 Å². The van der Waals surface area contributed by atoms with Crippen molar-refractivity contribution >= 4 is 0 Å². The summed E-state index contributed by atoms with van der Waals surface area (Å²) in [6.45, 7) is 6.44. The van der Waals surface area contributed by atoms with Crippen molar-refractivity contribution in [3.05, 3.63) is 0 Å². The molecule has 2 unspecified atom stereocenters. The van der Waals surface area contributed by atoms with Gasteiger partial charge in [0.25, 0.3) is 0 Å². The van der Waals surface area contributed by atoms with Crippen LogP contribution in [0.25, 0.3) is 0 Å². The van der Waals surface area contributed by atoms with Crippen LogP contribution in [0, 0.1) is 0 Å². The third-order valence-corrected chi connectivity index (χ3v) is 2.88. The van der Waals surface area contributed by atoms with Gasteiger partial charge in [0.05, 0.1) is 5.60 Å². The number of hydrogen-bond acceptors (Lipinski definition) is 3. The second kappa shape index (κ2) is 3.56. The molecule has 0 bridgehead atoms. The summed E-state index contributed by atoms with van der Waals surface area (Å²) in [4.78, 5) is 0. The lowest BCUT2D eigenvalue weighted by Crippen LogP contribution is -2.32. The highest BCUT2D eigenvalue weighted by Gasteiger charge is 2.32. The van der Waals surface area contributed by atoms with Gasteiger partial charge in [0, 0.05) is 19.0 Å². The maximum atomic E-state index is 5.86. The topological polar surface area (TPSA) is 33.3 Å². The van der Waals surface area contributed by atoms with Gasteiger partial charge in [-0.1, -0.05) is 0 Å². The molecule has 0 aromatic carbocycles. The van der Waals surface area contributed by atoms with Crippen LogP contribution in [0.2, 0.25) is 0 Å². The highest BCUT2D eigenvalue weighted by molar-refractivity contribution is 4.85. The fourth-order valence-corrected chi connectivity index (χ4v) is 2.18. The van der Waals surface area contributed by atoms with Gasteiger partial charge in [-0.05, 0) is 33.2 Å². The molecule has 2 saturated heterocycles. The predicted octanol–water partition coefficient (Wildman–Crippen LogP) is 0.853. The Morgan fingerprint density at radius 1 is 1.38 bits per heavy atom. The van der Waals surface area contributed by atoms with Crippen LogP contribution < -0.4 is 10.6 Å². The van der Waals surface area contributed by atoms with Gasteiger partial charge in [-0.2, -0.15) is 0 Å². The Balaban J connectivity index is 1.77. The van der Waals surface area contributed by atoms with Gasteiger partial charge in [-0.15, -0.1) is 0 Å². The van der Waals surface area contributed by atoms with E-state index < -0.39 is 0 Å². The third-order valence-electron chi connectivity index (χ3n) is 2.88. The number of rotatable bonds is 2. The van der Waals surface area contributed by atoms with E-state index in [2.05, 4.69) is 24.5 Å². The number of nitrogens with one attached hydrogen (secondary N) is 2. The van der Waals surface area contributed by atoms with Crippen LogP contribution in [0.3, 0.4) is 0 Å². The van der Waals surface area contributed by atoms with Crippen molar-refractivity contribution in [2.75, 3.05) is 13.1 Å². The van der Waals surface area contributed by atoms with Gasteiger partial charge in [0.15, 0.2) is 0 Å². The van der Waals surface area contributed by atoms with E-state index in [4.69, 9.17) is 4.74 Å². The molecule has 2 aliphatic heterocycles. The fourth-order valence-electron chi connectivity index (χ4n) is 2.18. The molecule has 76 valence electrons. The normalized spacial score (nSPS) is 38.3. The molecule has 0 aromatic rings. The van der Waals surface area contributed by atoms with Crippen LogP contribution in [-0.2, 0) is 4.74 Å². The zero-order chi connectivity index (χ0) is 9.31. The molecule has 2 heterocycles. The molecule has 0 spiro atoms.